The number of alkyl halides is 2. The van der Waals surface area contributed by atoms with E-state index < -0.39 is 5.92 Å². The van der Waals surface area contributed by atoms with Crippen LogP contribution in [-0.2, 0) is 0 Å². The molecule has 0 aliphatic carbocycles. The van der Waals surface area contributed by atoms with Crippen molar-refractivity contribution in [2.45, 2.75) is 12.8 Å². The molecule has 0 spiro atoms. The Bertz CT molecular complexity index is 354. The van der Waals surface area contributed by atoms with Crippen molar-refractivity contribution in [1.29, 1.82) is 0 Å². The first kappa shape index (κ1) is 9.37. The largest absolute Gasteiger partial charge is 0.359 e. The van der Waals surface area contributed by atoms with E-state index in [0.717, 1.165) is 0 Å². The minimum absolute atomic E-state index is 0.310. The Morgan fingerprint density at radius 1 is 1.29 bits per heavy atom. The average Bonchev–Trinajstić information content (AvgIpc) is 2.06. The first-order chi connectivity index (χ1) is 6.48. The van der Waals surface area contributed by atoms with Gasteiger partial charge in [-0.05, 0) is 24.6 Å². The van der Waals surface area contributed by atoms with Gasteiger partial charge in [-0.2, -0.15) is 0 Å². The van der Waals surface area contributed by atoms with E-state index in [4.69, 9.17) is 0 Å². The van der Waals surface area contributed by atoms with Crippen molar-refractivity contribution in [3.63, 3.8) is 0 Å². The summed E-state index contributed by atoms with van der Waals surface area (Å²) < 4.78 is 38.1. The quantitative estimate of drug-likeness (QED) is 0.675. The zero-order valence-electron chi connectivity index (χ0n) is 7.73. The number of anilines is 1. The van der Waals surface area contributed by atoms with Crippen LogP contribution in [0, 0.1) is 12.7 Å². The molecule has 1 saturated heterocycles. The van der Waals surface area contributed by atoms with Gasteiger partial charge in [0.25, 0.3) is 5.92 Å². The van der Waals surface area contributed by atoms with E-state index in [1.54, 1.807) is 19.1 Å². The van der Waals surface area contributed by atoms with Crippen LogP contribution < -0.4 is 4.90 Å². The zero-order chi connectivity index (χ0) is 10.3. The molecule has 0 N–H and O–H groups in total. The fourth-order valence-corrected chi connectivity index (χ4v) is 1.47. The molecule has 1 fully saturated rings. The molecule has 1 aromatic carbocycles. The van der Waals surface area contributed by atoms with Crippen LogP contribution in [0.4, 0.5) is 18.9 Å². The van der Waals surface area contributed by atoms with Crippen molar-refractivity contribution in [2.75, 3.05) is 18.0 Å². The third kappa shape index (κ3) is 1.56. The topological polar surface area (TPSA) is 3.24 Å². The molecule has 0 atom stereocenters. The fourth-order valence-electron chi connectivity index (χ4n) is 1.47. The van der Waals surface area contributed by atoms with Gasteiger partial charge in [-0.3, -0.25) is 0 Å². The van der Waals surface area contributed by atoms with Gasteiger partial charge >= 0.3 is 0 Å². The molecule has 0 radical (unpaired) electrons. The predicted octanol–water partition coefficient (Wildman–Crippen LogP) is 2.59. The second kappa shape index (κ2) is 2.90. The lowest BCUT2D eigenvalue weighted by atomic mass is 10.1. The minimum atomic E-state index is -2.61. The number of hydrogen-bond acceptors (Lipinski definition) is 1. The van der Waals surface area contributed by atoms with Crippen LogP contribution in [0.5, 0.6) is 0 Å². The molecule has 14 heavy (non-hydrogen) atoms. The summed E-state index contributed by atoms with van der Waals surface area (Å²) in [6, 6.07) is 4.55. The molecule has 0 amide bonds. The fraction of sp³-hybridized carbons (Fsp3) is 0.400. The minimum Gasteiger partial charge on any atom is -0.359 e. The lowest BCUT2D eigenvalue weighted by Gasteiger charge is -2.40. The summed E-state index contributed by atoms with van der Waals surface area (Å²) in [6.07, 6.45) is 0. The molecule has 1 aromatic rings. The van der Waals surface area contributed by atoms with E-state index in [0.29, 0.717) is 11.3 Å². The molecule has 0 saturated carbocycles. The first-order valence-corrected chi connectivity index (χ1v) is 4.37. The van der Waals surface area contributed by atoms with Gasteiger partial charge < -0.3 is 4.90 Å². The number of aryl methyl sites for hydroxylation is 1. The Kier molecular flexibility index (Phi) is 1.94. The van der Waals surface area contributed by atoms with Gasteiger partial charge in [0.1, 0.15) is 5.82 Å². The van der Waals surface area contributed by atoms with Crippen molar-refractivity contribution < 1.29 is 13.2 Å². The molecular weight excluding hydrogens is 191 g/mol. The number of halogens is 3. The first-order valence-electron chi connectivity index (χ1n) is 4.37. The summed E-state index contributed by atoms with van der Waals surface area (Å²) in [6.45, 7) is 1.02. The summed E-state index contributed by atoms with van der Waals surface area (Å²) >= 11 is 0. The van der Waals surface area contributed by atoms with Crippen LogP contribution in [0.25, 0.3) is 0 Å². The van der Waals surface area contributed by atoms with Gasteiger partial charge in [0.2, 0.25) is 0 Å². The Morgan fingerprint density at radius 3 is 2.43 bits per heavy atom. The van der Waals surface area contributed by atoms with Crippen LogP contribution in [-0.4, -0.2) is 19.0 Å². The third-order valence-electron chi connectivity index (χ3n) is 2.36. The van der Waals surface area contributed by atoms with Crippen LogP contribution in [0.1, 0.15) is 5.56 Å². The van der Waals surface area contributed by atoms with Gasteiger partial charge in [-0.25, -0.2) is 13.2 Å². The summed E-state index contributed by atoms with van der Waals surface area (Å²) in [4.78, 5) is 1.46. The Hall–Kier alpha value is -1.19. The molecule has 2 rings (SSSR count). The van der Waals surface area contributed by atoms with Gasteiger partial charge in [0.05, 0.1) is 13.1 Å². The summed E-state index contributed by atoms with van der Waals surface area (Å²) in [5.41, 5.74) is 1.06. The maximum absolute atomic E-state index is 13.1. The highest BCUT2D eigenvalue weighted by atomic mass is 19.3. The van der Waals surface area contributed by atoms with Crippen LogP contribution in [0.3, 0.4) is 0 Å². The molecule has 4 heteroatoms. The lowest BCUT2D eigenvalue weighted by Crippen LogP contribution is -2.56. The summed E-state index contributed by atoms with van der Waals surface area (Å²) in [5, 5.41) is 0. The van der Waals surface area contributed by atoms with Crippen molar-refractivity contribution in [2.24, 2.45) is 0 Å². The number of rotatable bonds is 1. The van der Waals surface area contributed by atoms with Crippen LogP contribution >= 0.6 is 0 Å². The van der Waals surface area contributed by atoms with E-state index in [-0.39, 0.29) is 18.9 Å². The van der Waals surface area contributed by atoms with Crippen molar-refractivity contribution >= 4 is 5.69 Å². The molecule has 76 valence electrons. The monoisotopic (exact) mass is 201 g/mol. The van der Waals surface area contributed by atoms with E-state index >= 15 is 0 Å². The Labute approximate surface area is 80.1 Å². The predicted molar refractivity (Wildman–Crippen MR) is 48.3 cm³/mol. The highest BCUT2D eigenvalue weighted by Crippen LogP contribution is 2.32. The normalized spacial score (nSPS) is 19.3. The van der Waals surface area contributed by atoms with Crippen molar-refractivity contribution in [3.05, 3.63) is 29.6 Å². The molecule has 1 aliphatic heterocycles. The summed E-state index contributed by atoms with van der Waals surface area (Å²) in [5.74, 6) is -2.96. The SMILES string of the molecule is Cc1ccc(N2CC(F)(F)C2)cc1F. The molecule has 0 aromatic heterocycles. The van der Waals surface area contributed by atoms with E-state index in [1.165, 1.54) is 11.0 Å². The number of benzene rings is 1. The smallest absolute Gasteiger partial charge is 0.282 e. The standard InChI is InChI=1S/C10H10F3N/c1-7-2-3-8(4-9(7)11)14-5-10(12,13)6-14/h2-4H,5-6H2,1H3. The van der Waals surface area contributed by atoms with Crippen molar-refractivity contribution in [3.8, 4) is 0 Å². The van der Waals surface area contributed by atoms with Crippen molar-refractivity contribution in [1.82, 2.24) is 0 Å². The molecule has 1 nitrogen and oxygen atoms in total. The zero-order valence-corrected chi connectivity index (χ0v) is 7.73. The van der Waals surface area contributed by atoms with Crippen LogP contribution in [0.15, 0.2) is 18.2 Å². The highest BCUT2D eigenvalue weighted by Gasteiger charge is 2.43. The van der Waals surface area contributed by atoms with Gasteiger partial charge in [-0.15, -0.1) is 0 Å². The second-order valence-corrected chi connectivity index (χ2v) is 3.65. The van der Waals surface area contributed by atoms with E-state index in [2.05, 4.69) is 0 Å². The Balaban J connectivity index is 2.16. The highest BCUT2D eigenvalue weighted by molar-refractivity contribution is 5.51. The third-order valence-corrected chi connectivity index (χ3v) is 2.36. The second-order valence-electron chi connectivity index (χ2n) is 3.65. The maximum atomic E-state index is 13.1. The van der Waals surface area contributed by atoms with E-state index in [1.807, 2.05) is 0 Å². The lowest BCUT2D eigenvalue weighted by molar-refractivity contribution is -0.0262. The molecule has 1 aliphatic rings. The maximum Gasteiger partial charge on any atom is 0.282 e. The molecule has 0 unspecified atom stereocenters. The number of hydrogen-bond donors (Lipinski definition) is 0. The Morgan fingerprint density at radius 2 is 1.93 bits per heavy atom. The van der Waals surface area contributed by atoms with Gasteiger partial charge in [0.15, 0.2) is 0 Å². The van der Waals surface area contributed by atoms with Gasteiger partial charge in [-0.1, -0.05) is 6.07 Å². The summed E-state index contributed by atoms with van der Waals surface area (Å²) in [7, 11) is 0. The number of nitrogens with zero attached hydrogens (tertiary/aromatic N) is 1. The molecule has 0 bridgehead atoms. The van der Waals surface area contributed by atoms with Crippen LogP contribution in [0.2, 0.25) is 0 Å². The van der Waals surface area contributed by atoms with Gasteiger partial charge in [0, 0.05) is 5.69 Å². The van der Waals surface area contributed by atoms with E-state index in [9.17, 15) is 13.2 Å². The molecule has 1 heterocycles. The molecular formula is C10H10F3N. The average molecular weight is 201 g/mol.